The molecule has 4 nitrogen and oxygen atoms in total. The van der Waals surface area contributed by atoms with Crippen LogP contribution in [0.3, 0.4) is 0 Å². The molecule has 1 aliphatic carbocycles. The molecule has 0 spiro atoms. The maximum absolute atomic E-state index is 6.41. The van der Waals surface area contributed by atoms with Crippen molar-refractivity contribution in [1.29, 1.82) is 0 Å². The Morgan fingerprint density at radius 3 is 2.02 bits per heavy atom. The van der Waals surface area contributed by atoms with Gasteiger partial charge in [-0.3, -0.25) is 0 Å². The van der Waals surface area contributed by atoms with Gasteiger partial charge in [0, 0.05) is 68.0 Å². The molecule has 252 valence electrons. The van der Waals surface area contributed by atoms with Crippen molar-refractivity contribution in [2.24, 2.45) is 0 Å². The van der Waals surface area contributed by atoms with Crippen LogP contribution < -0.4 is 31.1 Å². The Kier molecular flexibility index (Phi) is 6.87. The molecule has 8 aromatic rings. The van der Waals surface area contributed by atoms with Crippen LogP contribution in [0.5, 0.6) is 0 Å². The monoisotopic (exact) mass is 681 g/mol. The van der Waals surface area contributed by atoms with E-state index >= 15 is 0 Å². The predicted molar refractivity (Wildman–Crippen MR) is 223 cm³/mol. The maximum atomic E-state index is 6.41. The highest BCUT2D eigenvalue weighted by molar-refractivity contribution is 7.00. The highest BCUT2D eigenvalue weighted by Gasteiger charge is 2.43. The molecule has 53 heavy (non-hydrogen) atoms. The van der Waals surface area contributed by atoms with Gasteiger partial charge in [0.1, 0.15) is 11.2 Å². The molecule has 1 aromatic heterocycles. The molecule has 7 aromatic carbocycles. The van der Waals surface area contributed by atoms with Crippen LogP contribution in [-0.4, -0.2) is 6.71 Å². The summed E-state index contributed by atoms with van der Waals surface area (Å²) in [5.74, 6) is 0. The molecule has 0 saturated heterocycles. The SMILES string of the molecule is C1=C(N2c3ccccc3B3c4ccc(N(c5ccccc5)c5ccc6c(c5)oc5ccccc56)cc4N(c4ccccc4)c4cccc2c43)CCCC1. The molecule has 0 saturated carbocycles. The second kappa shape index (κ2) is 12.1. The van der Waals surface area contributed by atoms with E-state index in [1.807, 2.05) is 12.1 Å². The van der Waals surface area contributed by atoms with Gasteiger partial charge in [0.25, 0.3) is 6.71 Å². The molecule has 3 heterocycles. The Morgan fingerprint density at radius 2 is 1.17 bits per heavy atom. The summed E-state index contributed by atoms with van der Waals surface area (Å²) in [5.41, 5.74) is 16.6. The Labute approximate surface area is 309 Å². The van der Waals surface area contributed by atoms with Gasteiger partial charge < -0.3 is 19.1 Å². The van der Waals surface area contributed by atoms with Gasteiger partial charge >= 0.3 is 0 Å². The van der Waals surface area contributed by atoms with Crippen LogP contribution in [0.4, 0.5) is 45.5 Å². The van der Waals surface area contributed by atoms with Gasteiger partial charge in [0.15, 0.2) is 0 Å². The Hall–Kier alpha value is -6.46. The lowest BCUT2D eigenvalue weighted by atomic mass is 9.33. The highest BCUT2D eigenvalue weighted by Crippen LogP contribution is 2.46. The van der Waals surface area contributed by atoms with Gasteiger partial charge in [-0.2, -0.15) is 0 Å². The quantitative estimate of drug-likeness (QED) is 0.169. The first-order valence-electron chi connectivity index (χ1n) is 18.8. The fraction of sp³-hybridized carbons (Fsp3) is 0.0833. The van der Waals surface area contributed by atoms with Crippen molar-refractivity contribution in [3.05, 3.63) is 176 Å². The van der Waals surface area contributed by atoms with Crippen LogP contribution in [0.2, 0.25) is 0 Å². The molecule has 0 amide bonds. The zero-order chi connectivity index (χ0) is 34.9. The van der Waals surface area contributed by atoms with Gasteiger partial charge in [0.05, 0.1) is 0 Å². The second-order valence-corrected chi connectivity index (χ2v) is 14.3. The number of para-hydroxylation sites is 4. The lowest BCUT2D eigenvalue weighted by Crippen LogP contribution is -2.61. The fourth-order valence-electron chi connectivity index (χ4n) is 9.08. The van der Waals surface area contributed by atoms with Crippen LogP contribution >= 0.6 is 0 Å². The van der Waals surface area contributed by atoms with E-state index in [9.17, 15) is 0 Å². The zero-order valence-electron chi connectivity index (χ0n) is 29.3. The first-order chi connectivity index (χ1) is 26.3. The van der Waals surface area contributed by atoms with E-state index in [2.05, 4.69) is 172 Å². The lowest BCUT2D eigenvalue weighted by molar-refractivity contribution is 0.669. The topological polar surface area (TPSA) is 22.9 Å². The minimum atomic E-state index is 0.0962. The van der Waals surface area contributed by atoms with Crippen molar-refractivity contribution >= 4 is 90.5 Å². The summed E-state index contributed by atoms with van der Waals surface area (Å²) in [4.78, 5) is 7.41. The molecule has 0 N–H and O–H groups in total. The molecular weight excluding hydrogens is 645 g/mol. The molecule has 0 radical (unpaired) electrons. The Bertz CT molecular complexity index is 2720. The number of anilines is 8. The van der Waals surface area contributed by atoms with E-state index in [0.29, 0.717) is 0 Å². The largest absolute Gasteiger partial charge is 0.456 e. The van der Waals surface area contributed by atoms with Crippen LogP contribution in [0.25, 0.3) is 21.9 Å². The average molecular weight is 682 g/mol. The molecule has 2 aliphatic heterocycles. The van der Waals surface area contributed by atoms with Crippen molar-refractivity contribution in [3.8, 4) is 0 Å². The molecule has 5 heteroatoms. The minimum Gasteiger partial charge on any atom is -0.456 e. The number of hydrogen-bond acceptors (Lipinski definition) is 4. The Morgan fingerprint density at radius 1 is 0.491 bits per heavy atom. The third-order valence-corrected chi connectivity index (χ3v) is 11.3. The first kappa shape index (κ1) is 30.2. The summed E-state index contributed by atoms with van der Waals surface area (Å²) in [5, 5.41) is 2.26. The number of hydrogen-bond donors (Lipinski definition) is 0. The average Bonchev–Trinajstić information content (AvgIpc) is 3.60. The Balaban J connectivity index is 1.14. The standard InChI is InChI=1S/C48H36BN3O/c1-4-15-33(16-5-1)50(37-27-29-39-38-21-10-13-26-46(38)53-47(39)32-37)36-28-30-41-45(31-36)52(35-19-8-3-9-20-35)44-25-14-24-43-48(44)49(41)40-22-11-12-23-42(40)51(43)34-17-6-2-7-18-34/h1,3-5,8-17,19-32H,2,6-7,18H2. The third-order valence-electron chi connectivity index (χ3n) is 11.3. The first-order valence-corrected chi connectivity index (χ1v) is 18.8. The van der Waals surface area contributed by atoms with E-state index in [4.69, 9.17) is 4.42 Å². The fourth-order valence-corrected chi connectivity index (χ4v) is 9.08. The number of allylic oxidation sites excluding steroid dienone is 2. The summed E-state index contributed by atoms with van der Waals surface area (Å²) < 4.78 is 6.41. The van der Waals surface area contributed by atoms with E-state index < -0.39 is 0 Å². The van der Waals surface area contributed by atoms with Crippen LogP contribution in [0, 0.1) is 0 Å². The van der Waals surface area contributed by atoms with Crippen molar-refractivity contribution in [2.75, 3.05) is 14.7 Å². The number of nitrogens with zero attached hydrogens (tertiary/aromatic N) is 3. The normalized spacial score (nSPS) is 14.5. The van der Waals surface area contributed by atoms with Crippen molar-refractivity contribution in [2.45, 2.75) is 25.7 Å². The van der Waals surface area contributed by atoms with Crippen LogP contribution in [0.1, 0.15) is 25.7 Å². The van der Waals surface area contributed by atoms with E-state index in [1.165, 1.54) is 57.7 Å². The number of fused-ring (bicyclic) bond motifs is 7. The summed E-state index contributed by atoms with van der Waals surface area (Å²) in [6, 6.07) is 59.5. The summed E-state index contributed by atoms with van der Waals surface area (Å²) >= 11 is 0. The molecule has 0 fully saturated rings. The lowest BCUT2D eigenvalue weighted by Gasteiger charge is -2.45. The molecule has 0 atom stereocenters. The van der Waals surface area contributed by atoms with Gasteiger partial charge in [-0.05, 0) is 115 Å². The van der Waals surface area contributed by atoms with Crippen molar-refractivity contribution < 1.29 is 4.42 Å². The molecule has 0 bridgehead atoms. The van der Waals surface area contributed by atoms with Crippen molar-refractivity contribution in [3.63, 3.8) is 0 Å². The molecule has 0 unspecified atom stereocenters. The molecule has 11 rings (SSSR count). The zero-order valence-corrected chi connectivity index (χ0v) is 29.3. The van der Waals surface area contributed by atoms with Gasteiger partial charge in [-0.1, -0.05) is 91.0 Å². The summed E-state index contributed by atoms with van der Waals surface area (Å²) in [6.07, 6.45) is 7.19. The van der Waals surface area contributed by atoms with Crippen LogP contribution in [-0.2, 0) is 0 Å². The van der Waals surface area contributed by atoms with Crippen LogP contribution in [0.15, 0.2) is 180 Å². The van der Waals surface area contributed by atoms with Gasteiger partial charge in [0.2, 0.25) is 0 Å². The smallest absolute Gasteiger partial charge is 0.252 e. The van der Waals surface area contributed by atoms with Gasteiger partial charge in [-0.15, -0.1) is 0 Å². The summed E-state index contributed by atoms with van der Waals surface area (Å²) in [7, 11) is 0. The highest BCUT2D eigenvalue weighted by atomic mass is 16.3. The van der Waals surface area contributed by atoms with Crippen molar-refractivity contribution in [1.82, 2.24) is 0 Å². The number of rotatable bonds is 5. The minimum absolute atomic E-state index is 0.0962. The van der Waals surface area contributed by atoms with E-state index in [-0.39, 0.29) is 6.71 Å². The maximum Gasteiger partial charge on any atom is 0.252 e. The van der Waals surface area contributed by atoms with E-state index in [1.54, 1.807) is 0 Å². The summed E-state index contributed by atoms with van der Waals surface area (Å²) in [6.45, 7) is 0.0962. The van der Waals surface area contributed by atoms with Gasteiger partial charge in [-0.25, -0.2) is 0 Å². The predicted octanol–water partition coefficient (Wildman–Crippen LogP) is 11.3. The number of benzene rings is 7. The number of furan rings is 1. The molecule has 3 aliphatic rings. The van der Waals surface area contributed by atoms with E-state index in [0.717, 1.165) is 57.5 Å². The second-order valence-electron chi connectivity index (χ2n) is 14.3. The third kappa shape index (κ3) is 4.70. The molecular formula is C48H36BN3O.